The SMILES string of the molecule is COCCCNCC(C)OC1CCC(C)CC1. The Morgan fingerprint density at radius 3 is 2.59 bits per heavy atom. The van der Waals surface area contributed by atoms with Gasteiger partial charge in [0.2, 0.25) is 0 Å². The molecule has 0 aromatic heterocycles. The predicted octanol–water partition coefficient (Wildman–Crippen LogP) is 2.60. The molecule has 0 heterocycles. The molecule has 1 atom stereocenters. The molecule has 1 N–H and O–H groups in total. The maximum absolute atomic E-state index is 6.05. The van der Waals surface area contributed by atoms with E-state index in [0.29, 0.717) is 12.2 Å². The molecule has 0 bridgehead atoms. The average Bonchev–Trinajstić information content (AvgIpc) is 2.32. The zero-order valence-corrected chi connectivity index (χ0v) is 11.7. The van der Waals surface area contributed by atoms with Crippen molar-refractivity contribution in [2.24, 2.45) is 5.92 Å². The summed E-state index contributed by atoms with van der Waals surface area (Å²) in [5.74, 6) is 0.900. The van der Waals surface area contributed by atoms with Crippen LogP contribution >= 0.6 is 0 Å². The van der Waals surface area contributed by atoms with Crippen molar-refractivity contribution in [2.45, 2.75) is 58.2 Å². The zero-order chi connectivity index (χ0) is 12.5. The molecule has 0 spiro atoms. The van der Waals surface area contributed by atoms with Crippen LogP contribution in [0, 0.1) is 5.92 Å². The van der Waals surface area contributed by atoms with E-state index in [0.717, 1.165) is 32.0 Å². The minimum absolute atomic E-state index is 0.330. The van der Waals surface area contributed by atoms with Crippen LogP contribution in [0.2, 0.25) is 0 Å². The first-order valence-electron chi connectivity index (χ1n) is 7.07. The summed E-state index contributed by atoms with van der Waals surface area (Å²) in [6.45, 7) is 7.32. The number of methoxy groups -OCH3 is 1. The molecule has 0 aliphatic heterocycles. The van der Waals surface area contributed by atoms with Gasteiger partial charge in [0, 0.05) is 20.3 Å². The molecule has 102 valence electrons. The van der Waals surface area contributed by atoms with Crippen molar-refractivity contribution in [3.63, 3.8) is 0 Å². The first-order chi connectivity index (χ1) is 8.22. The van der Waals surface area contributed by atoms with E-state index < -0.39 is 0 Å². The Balaban J connectivity index is 1.98. The lowest BCUT2D eigenvalue weighted by atomic mass is 9.89. The second-order valence-corrected chi connectivity index (χ2v) is 5.38. The molecular weight excluding hydrogens is 214 g/mol. The second kappa shape index (κ2) is 8.90. The predicted molar refractivity (Wildman–Crippen MR) is 71.3 cm³/mol. The summed E-state index contributed by atoms with van der Waals surface area (Å²) in [4.78, 5) is 0. The van der Waals surface area contributed by atoms with Gasteiger partial charge in [-0.2, -0.15) is 0 Å². The highest BCUT2D eigenvalue weighted by molar-refractivity contribution is 4.71. The molecule has 1 rings (SSSR count). The highest BCUT2D eigenvalue weighted by atomic mass is 16.5. The van der Waals surface area contributed by atoms with Gasteiger partial charge < -0.3 is 14.8 Å². The van der Waals surface area contributed by atoms with Gasteiger partial charge in [0.1, 0.15) is 0 Å². The van der Waals surface area contributed by atoms with Crippen LogP contribution in [0.5, 0.6) is 0 Å². The molecule has 0 radical (unpaired) electrons. The van der Waals surface area contributed by atoms with Crippen molar-refractivity contribution >= 4 is 0 Å². The van der Waals surface area contributed by atoms with Crippen molar-refractivity contribution in [1.82, 2.24) is 5.32 Å². The van der Waals surface area contributed by atoms with Gasteiger partial charge in [-0.1, -0.05) is 6.92 Å². The lowest BCUT2D eigenvalue weighted by Crippen LogP contribution is -2.32. The largest absolute Gasteiger partial charge is 0.385 e. The smallest absolute Gasteiger partial charge is 0.0675 e. The third kappa shape index (κ3) is 7.02. The minimum Gasteiger partial charge on any atom is -0.385 e. The normalized spacial score (nSPS) is 27.0. The maximum Gasteiger partial charge on any atom is 0.0675 e. The standard InChI is InChI=1S/C14H29NO2/c1-12-5-7-14(8-6-12)17-13(2)11-15-9-4-10-16-3/h12-15H,4-11H2,1-3H3. The van der Waals surface area contributed by atoms with Gasteiger partial charge in [0.15, 0.2) is 0 Å². The van der Waals surface area contributed by atoms with Crippen molar-refractivity contribution in [3.8, 4) is 0 Å². The zero-order valence-electron chi connectivity index (χ0n) is 11.7. The molecule has 1 saturated carbocycles. The molecule has 1 aliphatic rings. The molecule has 17 heavy (non-hydrogen) atoms. The van der Waals surface area contributed by atoms with Crippen LogP contribution < -0.4 is 5.32 Å². The van der Waals surface area contributed by atoms with Crippen LogP contribution in [0.25, 0.3) is 0 Å². The Morgan fingerprint density at radius 2 is 1.94 bits per heavy atom. The quantitative estimate of drug-likeness (QED) is 0.665. The van der Waals surface area contributed by atoms with Crippen LogP contribution in [0.15, 0.2) is 0 Å². The van der Waals surface area contributed by atoms with Gasteiger partial charge in [-0.3, -0.25) is 0 Å². The van der Waals surface area contributed by atoms with E-state index in [4.69, 9.17) is 9.47 Å². The topological polar surface area (TPSA) is 30.5 Å². The number of nitrogens with one attached hydrogen (secondary N) is 1. The summed E-state index contributed by atoms with van der Waals surface area (Å²) in [6.07, 6.45) is 7.06. The lowest BCUT2D eigenvalue weighted by Gasteiger charge is -2.29. The molecule has 1 fully saturated rings. The summed E-state index contributed by atoms with van der Waals surface area (Å²) in [7, 11) is 1.75. The van der Waals surface area contributed by atoms with Crippen molar-refractivity contribution in [3.05, 3.63) is 0 Å². The van der Waals surface area contributed by atoms with Crippen molar-refractivity contribution in [2.75, 3.05) is 26.8 Å². The van der Waals surface area contributed by atoms with E-state index in [1.807, 2.05) is 0 Å². The average molecular weight is 243 g/mol. The van der Waals surface area contributed by atoms with Gasteiger partial charge in [0.05, 0.1) is 12.2 Å². The van der Waals surface area contributed by atoms with Gasteiger partial charge in [-0.25, -0.2) is 0 Å². The summed E-state index contributed by atoms with van der Waals surface area (Å²) in [6, 6.07) is 0. The Labute approximate surface area is 106 Å². The monoisotopic (exact) mass is 243 g/mol. The molecule has 0 aromatic rings. The molecule has 1 unspecified atom stereocenters. The maximum atomic E-state index is 6.05. The van der Waals surface area contributed by atoms with E-state index in [1.165, 1.54) is 25.7 Å². The van der Waals surface area contributed by atoms with Crippen molar-refractivity contribution in [1.29, 1.82) is 0 Å². The van der Waals surface area contributed by atoms with E-state index >= 15 is 0 Å². The molecule has 0 aromatic carbocycles. The van der Waals surface area contributed by atoms with Crippen LogP contribution in [-0.4, -0.2) is 39.0 Å². The van der Waals surface area contributed by atoms with Crippen molar-refractivity contribution < 1.29 is 9.47 Å². The van der Waals surface area contributed by atoms with Gasteiger partial charge in [-0.05, 0) is 51.5 Å². The Morgan fingerprint density at radius 1 is 1.24 bits per heavy atom. The van der Waals surface area contributed by atoms with E-state index in [9.17, 15) is 0 Å². The third-order valence-corrected chi connectivity index (χ3v) is 3.52. The fourth-order valence-corrected chi connectivity index (χ4v) is 2.39. The van der Waals surface area contributed by atoms with Crippen LogP contribution in [0.1, 0.15) is 46.0 Å². The molecule has 3 nitrogen and oxygen atoms in total. The van der Waals surface area contributed by atoms with Crippen LogP contribution in [-0.2, 0) is 9.47 Å². The van der Waals surface area contributed by atoms with Crippen LogP contribution in [0.3, 0.4) is 0 Å². The van der Waals surface area contributed by atoms with E-state index in [1.54, 1.807) is 7.11 Å². The second-order valence-electron chi connectivity index (χ2n) is 5.38. The Kier molecular flexibility index (Phi) is 7.82. The first-order valence-corrected chi connectivity index (χ1v) is 7.07. The molecule has 3 heteroatoms. The summed E-state index contributed by atoms with van der Waals surface area (Å²) < 4.78 is 11.1. The Bertz CT molecular complexity index is 179. The number of rotatable bonds is 8. The molecule has 1 aliphatic carbocycles. The summed E-state index contributed by atoms with van der Waals surface area (Å²) in [5, 5.41) is 3.41. The molecule has 0 amide bonds. The third-order valence-electron chi connectivity index (χ3n) is 3.52. The fourth-order valence-electron chi connectivity index (χ4n) is 2.39. The first kappa shape index (κ1) is 14.9. The number of hydrogen-bond acceptors (Lipinski definition) is 3. The van der Waals surface area contributed by atoms with Crippen LogP contribution in [0.4, 0.5) is 0 Å². The molecular formula is C14H29NO2. The van der Waals surface area contributed by atoms with Gasteiger partial charge >= 0.3 is 0 Å². The fraction of sp³-hybridized carbons (Fsp3) is 1.00. The summed E-state index contributed by atoms with van der Waals surface area (Å²) in [5.41, 5.74) is 0. The Hall–Kier alpha value is -0.120. The minimum atomic E-state index is 0.330. The van der Waals surface area contributed by atoms with E-state index in [-0.39, 0.29) is 0 Å². The van der Waals surface area contributed by atoms with Gasteiger partial charge in [0.25, 0.3) is 0 Å². The molecule has 0 saturated heterocycles. The van der Waals surface area contributed by atoms with Gasteiger partial charge in [-0.15, -0.1) is 0 Å². The highest BCUT2D eigenvalue weighted by Crippen LogP contribution is 2.26. The number of hydrogen-bond donors (Lipinski definition) is 1. The number of ether oxygens (including phenoxy) is 2. The van der Waals surface area contributed by atoms with E-state index in [2.05, 4.69) is 19.2 Å². The highest BCUT2D eigenvalue weighted by Gasteiger charge is 2.20. The summed E-state index contributed by atoms with van der Waals surface area (Å²) >= 11 is 0. The lowest BCUT2D eigenvalue weighted by molar-refractivity contribution is -0.0259.